The molecule has 0 aliphatic heterocycles. The second-order valence-corrected chi connectivity index (χ2v) is 7.41. The molecule has 0 radical (unpaired) electrons. The van der Waals surface area contributed by atoms with Crippen LogP contribution in [0.15, 0.2) is 65.6 Å². The summed E-state index contributed by atoms with van der Waals surface area (Å²) in [7, 11) is 0. The van der Waals surface area contributed by atoms with Gasteiger partial charge in [0.1, 0.15) is 6.54 Å². The normalized spacial score (nSPS) is 11.9. The average molecular weight is 487 g/mol. The Morgan fingerprint density at radius 3 is 2.34 bits per heavy atom. The molecule has 13 heteroatoms. The van der Waals surface area contributed by atoms with Crippen LogP contribution in [0.5, 0.6) is 0 Å². The van der Waals surface area contributed by atoms with Crippen LogP contribution in [0.2, 0.25) is 0 Å². The van der Waals surface area contributed by atoms with E-state index in [-0.39, 0.29) is 22.9 Å². The SMILES string of the molecule is FC(F)c1nnc(-c2cnc(Nc3cc(-c4ccccc4)c4ncn(CC(F)(F)F)c4c3)nc2)o1. The van der Waals surface area contributed by atoms with Crippen molar-refractivity contribution in [1.29, 1.82) is 0 Å². The number of alkyl halides is 5. The fraction of sp³-hybridized carbons (Fsp3) is 0.136. The van der Waals surface area contributed by atoms with Crippen LogP contribution in [0.25, 0.3) is 33.6 Å². The van der Waals surface area contributed by atoms with Crippen molar-refractivity contribution in [2.24, 2.45) is 0 Å². The monoisotopic (exact) mass is 487 g/mol. The first-order valence-electron chi connectivity index (χ1n) is 10.1. The number of anilines is 2. The van der Waals surface area contributed by atoms with Crippen LogP contribution in [-0.2, 0) is 6.54 Å². The lowest BCUT2D eigenvalue weighted by atomic mass is 10.0. The molecule has 2 aromatic carbocycles. The van der Waals surface area contributed by atoms with Gasteiger partial charge in [0.15, 0.2) is 0 Å². The van der Waals surface area contributed by atoms with E-state index in [0.717, 1.165) is 16.5 Å². The van der Waals surface area contributed by atoms with E-state index < -0.39 is 25.0 Å². The topological polar surface area (TPSA) is 94.6 Å². The molecule has 178 valence electrons. The number of fused-ring (bicyclic) bond motifs is 1. The van der Waals surface area contributed by atoms with Crippen molar-refractivity contribution >= 4 is 22.7 Å². The van der Waals surface area contributed by atoms with Crippen molar-refractivity contribution in [1.82, 2.24) is 29.7 Å². The minimum atomic E-state index is -4.43. The van der Waals surface area contributed by atoms with Crippen LogP contribution in [0.1, 0.15) is 12.3 Å². The van der Waals surface area contributed by atoms with Crippen molar-refractivity contribution in [3.05, 3.63) is 67.1 Å². The first-order chi connectivity index (χ1) is 16.8. The Morgan fingerprint density at radius 2 is 1.69 bits per heavy atom. The molecule has 0 unspecified atom stereocenters. The third-order valence-electron chi connectivity index (χ3n) is 4.94. The summed E-state index contributed by atoms with van der Waals surface area (Å²) in [6.07, 6.45) is -3.59. The number of benzene rings is 2. The molecule has 0 fully saturated rings. The van der Waals surface area contributed by atoms with Gasteiger partial charge in [-0.25, -0.2) is 15.0 Å². The Bertz CT molecular complexity index is 1460. The van der Waals surface area contributed by atoms with E-state index in [0.29, 0.717) is 16.8 Å². The molecule has 0 atom stereocenters. The molecule has 1 N–H and O–H groups in total. The minimum Gasteiger partial charge on any atom is -0.415 e. The molecule has 5 aromatic rings. The average Bonchev–Trinajstić information content (AvgIpc) is 3.47. The number of nitrogens with one attached hydrogen (secondary N) is 1. The van der Waals surface area contributed by atoms with Crippen molar-refractivity contribution < 1.29 is 26.4 Å². The highest BCUT2D eigenvalue weighted by molar-refractivity contribution is 5.95. The number of hydrogen-bond donors (Lipinski definition) is 1. The van der Waals surface area contributed by atoms with Gasteiger partial charge in [-0.05, 0) is 17.7 Å². The van der Waals surface area contributed by atoms with E-state index in [2.05, 4.69) is 30.5 Å². The number of aromatic nitrogens is 6. The Labute approximate surface area is 193 Å². The van der Waals surface area contributed by atoms with E-state index >= 15 is 0 Å². The van der Waals surface area contributed by atoms with Crippen LogP contribution >= 0.6 is 0 Å². The Morgan fingerprint density at radius 1 is 0.943 bits per heavy atom. The number of hydrogen-bond acceptors (Lipinski definition) is 7. The van der Waals surface area contributed by atoms with Crippen LogP contribution in [0.4, 0.5) is 33.6 Å². The molecule has 0 amide bonds. The van der Waals surface area contributed by atoms with E-state index in [1.54, 1.807) is 6.07 Å². The molecule has 5 rings (SSSR count). The van der Waals surface area contributed by atoms with Crippen molar-refractivity contribution in [2.45, 2.75) is 19.1 Å². The summed E-state index contributed by atoms with van der Waals surface area (Å²) in [6.45, 7) is -1.20. The number of rotatable bonds is 6. The highest BCUT2D eigenvalue weighted by Crippen LogP contribution is 2.33. The molecular formula is C22H14F5N7O. The lowest BCUT2D eigenvalue weighted by Gasteiger charge is -2.12. The maximum absolute atomic E-state index is 13.1. The lowest BCUT2D eigenvalue weighted by Crippen LogP contribution is -2.16. The Hall–Kier alpha value is -4.42. The number of imidazole rings is 1. The summed E-state index contributed by atoms with van der Waals surface area (Å²) in [5.74, 6) is -0.877. The third-order valence-corrected chi connectivity index (χ3v) is 4.94. The summed E-state index contributed by atoms with van der Waals surface area (Å²) in [6, 6.07) is 12.3. The van der Waals surface area contributed by atoms with Crippen molar-refractivity contribution in [3.63, 3.8) is 0 Å². The Balaban J connectivity index is 1.50. The molecule has 0 saturated carbocycles. The Kier molecular flexibility index (Phi) is 5.59. The lowest BCUT2D eigenvalue weighted by molar-refractivity contribution is -0.139. The van der Waals surface area contributed by atoms with Gasteiger partial charge in [0.25, 0.3) is 11.8 Å². The highest BCUT2D eigenvalue weighted by atomic mass is 19.4. The number of nitrogens with zero attached hydrogens (tertiary/aromatic N) is 6. The zero-order valence-corrected chi connectivity index (χ0v) is 17.5. The van der Waals surface area contributed by atoms with Crippen molar-refractivity contribution in [2.75, 3.05) is 5.32 Å². The zero-order chi connectivity index (χ0) is 24.6. The first kappa shape index (κ1) is 22.4. The molecule has 8 nitrogen and oxygen atoms in total. The predicted octanol–water partition coefficient (Wildman–Crippen LogP) is 5.79. The predicted molar refractivity (Wildman–Crippen MR) is 115 cm³/mol. The quantitative estimate of drug-likeness (QED) is 0.303. The summed E-state index contributed by atoms with van der Waals surface area (Å²) < 4.78 is 70.5. The van der Waals surface area contributed by atoms with Gasteiger partial charge >= 0.3 is 12.6 Å². The van der Waals surface area contributed by atoms with Gasteiger partial charge < -0.3 is 14.3 Å². The van der Waals surface area contributed by atoms with Gasteiger partial charge in [-0.15, -0.1) is 10.2 Å². The van der Waals surface area contributed by atoms with Crippen LogP contribution in [0, 0.1) is 0 Å². The molecule has 0 aliphatic carbocycles. The standard InChI is InChI=1S/C22H14F5N7O/c23-18(24)20-33-32-19(35-20)13-8-28-21(29-9-13)31-14-6-15(12-4-2-1-3-5-12)17-16(7-14)34(11-30-17)10-22(25,26)27/h1-9,11,18H,10H2,(H,28,29,31). The highest BCUT2D eigenvalue weighted by Gasteiger charge is 2.29. The molecule has 3 heterocycles. The molecule has 0 bridgehead atoms. The first-order valence-corrected chi connectivity index (χ1v) is 10.1. The molecule has 0 spiro atoms. The van der Waals surface area contributed by atoms with E-state index in [4.69, 9.17) is 4.42 Å². The van der Waals surface area contributed by atoms with E-state index in [1.807, 2.05) is 30.3 Å². The fourth-order valence-electron chi connectivity index (χ4n) is 3.46. The summed E-state index contributed by atoms with van der Waals surface area (Å²) >= 11 is 0. The largest absolute Gasteiger partial charge is 0.415 e. The maximum Gasteiger partial charge on any atom is 0.406 e. The molecule has 35 heavy (non-hydrogen) atoms. The van der Waals surface area contributed by atoms with Crippen molar-refractivity contribution in [3.8, 4) is 22.6 Å². The maximum atomic E-state index is 13.1. The molecular weight excluding hydrogens is 473 g/mol. The van der Waals surface area contributed by atoms with Gasteiger partial charge in [0, 0.05) is 23.6 Å². The van der Waals surface area contributed by atoms with Gasteiger partial charge in [0.2, 0.25) is 5.95 Å². The summed E-state index contributed by atoms with van der Waals surface area (Å²) in [5, 5.41) is 9.74. The van der Waals surface area contributed by atoms with E-state index in [1.165, 1.54) is 18.5 Å². The second-order valence-electron chi connectivity index (χ2n) is 7.41. The van der Waals surface area contributed by atoms with Gasteiger partial charge in [-0.2, -0.15) is 22.0 Å². The number of halogens is 5. The molecule has 3 aromatic heterocycles. The molecule has 0 saturated heterocycles. The van der Waals surface area contributed by atoms with Crippen LogP contribution < -0.4 is 5.32 Å². The smallest absolute Gasteiger partial charge is 0.406 e. The van der Waals surface area contributed by atoms with Gasteiger partial charge in [-0.3, -0.25) is 0 Å². The second kappa shape index (κ2) is 8.74. The van der Waals surface area contributed by atoms with Gasteiger partial charge in [-0.1, -0.05) is 30.3 Å². The zero-order valence-electron chi connectivity index (χ0n) is 17.5. The third kappa shape index (κ3) is 4.78. The minimum absolute atomic E-state index is 0.114. The van der Waals surface area contributed by atoms with Crippen LogP contribution in [0.3, 0.4) is 0 Å². The summed E-state index contributed by atoms with van der Waals surface area (Å²) in [5.41, 5.74) is 2.71. The van der Waals surface area contributed by atoms with Gasteiger partial charge in [0.05, 0.1) is 22.9 Å². The van der Waals surface area contributed by atoms with Crippen LogP contribution in [-0.4, -0.2) is 35.9 Å². The molecule has 0 aliphatic rings. The van der Waals surface area contributed by atoms with E-state index in [9.17, 15) is 22.0 Å². The summed E-state index contributed by atoms with van der Waals surface area (Å²) in [4.78, 5) is 12.4. The fourth-order valence-corrected chi connectivity index (χ4v) is 3.46.